The van der Waals surface area contributed by atoms with E-state index in [1.165, 1.54) is 15.6 Å². The smallest absolute Gasteiger partial charge is 0.267 e. The van der Waals surface area contributed by atoms with E-state index < -0.39 is 5.60 Å². The van der Waals surface area contributed by atoms with E-state index in [9.17, 15) is 14.7 Å². The number of benzene rings is 1. The minimum atomic E-state index is -0.797. The Morgan fingerprint density at radius 2 is 1.88 bits per heavy atom. The fourth-order valence-corrected chi connectivity index (χ4v) is 3.29. The van der Waals surface area contributed by atoms with E-state index in [1.807, 2.05) is 30.3 Å². The van der Waals surface area contributed by atoms with Crippen molar-refractivity contribution in [2.45, 2.75) is 37.8 Å². The van der Waals surface area contributed by atoms with Gasteiger partial charge in [-0.25, -0.2) is 4.68 Å². The summed E-state index contributed by atoms with van der Waals surface area (Å²) in [5.74, 6) is -0.236. The van der Waals surface area contributed by atoms with E-state index >= 15 is 0 Å². The van der Waals surface area contributed by atoms with E-state index in [2.05, 4.69) is 5.10 Å². The molecule has 2 aromatic rings. The third-order valence-corrected chi connectivity index (χ3v) is 4.71. The molecule has 0 bridgehead atoms. The van der Waals surface area contributed by atoms with Gasteiger partial charge in [0, 0.05) is 25.2 Å². The third kappa shape index (κ3) is 4.14. The molecule has 0 radical (unpaired) electrons. The maximum atomic E-state index is 12.5. The number of rotatable bonds is 5. The van der Waals surface area contributed by atoms with Crippen molar-refractivity contribution in [1.29, 1.82) is 0 Å². The molecule has 6 nitrogen and oxygen atoms in total. The Morgan fingerprint density at radius 1 is 1.20 bits per heavy atom. The van der Waals surface area contributed by atoms with Crippen LogP contribution in [0.1, 0.15) is 25.7 Å². The molecule has 0 saturated heterocycles. The monoisotopic (exact) mass is 341 g/mol. The zero-order valence-corrected chi connectivity index (χ0v) is 14.4. The average molecular weight is 341 g/mol. The SMILES string of the molecule is CN(CC1(O)CCCC1)C(=O)Cn1nc(-c2ccccc2)ccc1=O. The zero-order valence-electron chi connectivity index (χ0n) is 14.4. The molecule has 0 aliphatic heterocycles. The number of hydrogen-bond acceptors (Lipinski definition) is 4. The molecule has 1 aromatic heterocycles. The minimum absolute atomic E-state index is 0.133. The first kappa shape index (κ1) is 17.4. The van der Waals surface area contributed by atoms with Crippen LogP contribution in [-0.4, -0.2) is 44.9 Å². The predicted molar refractivity (Wildman–Crippen MR) is 95.0 cm³/mol. The number of amides is 1. The maximum Gasteiger partial charge on any atom is 0.267 e. The van der Waals surface area contributed by atoms with Gasteiger partial charge in [-0.3, -0.25) is 9.59 Å². The summed E-state index contributed by atoms with van der Waals surface area (Å²) in [7, 11) is 1.66. The molecule has 1 saturated carbocycles. The molecular formula is C19H23N3O3. The van der Waals surface area contributed by atoms with Gasteiger partial charge in [0.2, 0.25) is 5.91 Å². The Hall–Kier alpha value is -2.47. The molecule has 0 atom stereocenters. The van der Waals surface area contributed by atoms with Crippen LogP contribution in [0.2, 0.25) is 0 Å². The minimum Gasteiger partial charge on any atom is -0.388 e. The van der Waals surface area contributed by atoms with Crippen molar-refractivity contribution in [3.8, 4) is 11.3 Å². The number of aliphatic hydroxyl groups is 1. The molecule has 0 spiro atoms. The normalized spacial score (nSPS) is 15.9. The highest BCUT2D eigenvalue weighted by atomic mass is 16.3. The lowest BCUT2D eigenvalue weighted by Crippen LogP contribution is -2.44. The highest BCUT2D eigenvalue weighted by Gasteiger charge is 2.33. The van der Waals surface area contributed by atoms with E-state index in [0.717, 1.165) is 18.4 Å². The lowest BCUT2D eigenvalue weighted by Gasteiger charge is -2.28. The highest BCUT2D eigenvalue weighted by molar-refractivity contribution is 5.75. The second kappa shape index (κ2) is 7.19. The number of aromatic nitrogens is 2. The molecule has 1 fully saturated rings. The molecule has 1 aromatic carbocycles. The molecule has 132 valence electrons. The largest absolute Gasteiger partial charge is 0.388 e. The van der Waals surface area contributed by atoms with Crippen LogP contribution in [0.15, 0.2) is 47.3 Å². The summed E-state index contributed by atoms with van der Waals surface area (Å²) in [6.07, 6.45) is 3.40. The number of nitrogens with zero attached hydrogens (tertiary/aromatic N) is 3. The van der Waals surface area contributed by atoms with Crippen molar-refractivity contribution in [2.75, 3.05) is 13.6 Å². The molecule has 3 rings (SSSR count). The fraction of sp³-hybridized carbons (Fsp3) is 0.421. The standard InChI is InChI=1S/C19H23N3O3/c1-21(14-19(25)11-5-6-12-19)18(24)13-22-17(23)10-9-16(20-22)15-7-3-2-4-8-15/h2-4,7-10,25H,5-6,11-14H2,1H3. The van der Waals surface area contributed by atoms with Crippen molar-refractivity contribution in [3.05, 3.63) is 52.8 Å². The van der Waals surface area contributed by atoms with E-state index in [1.54, 1.807) is 13.1 Å². The van der Waals surface area contributed by atoms with Gasteiger partial charge >= 0.3 is 0 Å². The van der Waals surface area contributed by atoms with Crippen molar-refractivity contribution in [3.63, 3.8) is 0 Å². The summed E-state index contributed by atoms with van der Waals surface area (Å²) in [6.45, 7) is 0.158. The molecule has 1 amide bonds. The van der Waals surface area contributed by atoms with Crippen LogP contribution in [-0.2, 0) is 11.3 Å². The lowest BCUT2D eigenvalue weighted by molar-refractivity contribution is -0.134. The molecule has 1 heterocycles. The molecule has 1 N–H and O–H groups in total. The Labute approximate surface area is 146 Å². The second-order valence-electron chi connectivity index (χ2n) is 6.76. The summed E-state index contributed by atoms with van der Waals surface area (Å²) in [6, 6.07) is 12.6. The van der Waals surface area contributed by atoms with Gasteiger partial charge in [0.05, 0.1) is 11.3 Å². The van der Waals surface area contributed by atoms with Gasteiger partial charge in [-0.05, 0) is 18.9 Å². The molecule has 6 heteroatoms. The van der Waals surface area contributed by atoms with Gasteiger partial charge in [0.25, 0.3) is 5.56 Å². The van der Waals surface area contributed by atoms with Crippen molar-refractivity contribution in [2.24, 2.45) is 0 Å². The van der Waals surface area contributed by atoms with Crippen molar-refractivity contribution in [1.82, 2.24) is 14.7 Å². The van der Waals surface area contributed by atoms with Crippen LogP contribution < -0.4 is 5.56 Å². The molecule has 1 aliphatic rings. The van der Waals surface area contributed by atoms with Crippen molar-refractivity contribution >= 4 is 5.91 Å². The third-order valence-electron chi connectivity index (χ3n) is 4.71. The summed E-state index contributed by atoms with van der Waals surface area (Å²) in [5.41, 5.74) is 0.415. The Kier molecular flexibility index (Phi) is 4.99. The van der Waals surface area contributed by atoms with Gasteiger partial charge < -0.3 is 10.0 Å². The number of carbonyl (C=O) groups is 1. The van der Waals surface area contributed by atoms with Gasteiger partial charge in [-0.15, -0.1) is 0 Å². The second-order valence-corrected chi connectivity index (χ2v) is 6.76. The molecular weight excluding hydrogens is 318 g/mol. The average Bonchev–Trinajstić information content (AvgIpc) is 3.03. The molecule has 25 heavy (non-hydrogen) atoms. The van der Waals surface area contributed by atoms with Crippen LogP contribution in [0.4, 0.5) is 0 Å². The summed E-state index contributed by atoms with van der Waals surface area (Å²) >= 11 is 0. The first-order chi connectivity index (χ1) is 12.0. The Balaban J connectivity index is 1.73. The van der Waals surface area contributed by atoms with Crippen LogP contribution in [0.25, 0.3) is 11.3 Å². The fourth-order valence-electron chi connectivity index (χ4n) is 3.29. The summed E-state index contributed by atoms with van der Waals surface area (Å²) in [4.78, 5) is 26.0. The molecule has 1 aliphatic carbocycles. The van der Waals surface area contributed by atoms with Crippen LogP contribution >= 0.6 is 0 Å². The maximum absolute atomic E-state index is 12.5. The zero-order chi connectivity index (χ0) is 17.9. The van der Waals surface area contributed by atoms with Crippen LogP contribution in [0.3, 0.4) is 0 Å². The first-order valence-electron chi connectivity index (χ1n) is 8.57. The summed E-state index contributed by atoms with van der Waals surface area (Å²) < 4.78 is 1.18. The highest BCUT2D eigenvalue weighted by Crippen LogP contribution is 2.29. The molecule has 0 unspecified atom stereocenters. The van der Waals surface area contributed by atoms with Gasteiger partial charge in [-0.2, -0.15) is 5.10 Å². The number of hydrogen-bond donors (Lipinski definition) is 1. The Morgan fingerprint density at radius 3 is 2.56 bits per heavy atom. The van der Waals surface area contributed by atoms with E-state index in [0.29, 0.717) is 25.1 Å². The van der Waals surface area contributed by atoms with Gasteiger partial charge in [-0.1, -0.05) is 43.2 Å². The predicted octanol–water partition coefficient (Wildman–Crippen LogP) is 1.67. The number of likely N-dealkylation sites (N-methyl/N-ethyl adjacent to an activating group) is 1. The van der Waals surface area contributed by atoms with Crippen LogP contribution in [0, 0.1) is 0 Å². The lowest BCUT2D eigenvalue weighted by atomic mass is 10.0. The van der Waals surface area contributed by atoms with Gasteiger partial charge in [0.1, 0.15) is 6.54 Å². The Bertz CT molecular complexity index is 795. The van der Waals surface area contributed by atoms with E-state index in [4.69, 9.17) is 0 Å². The quantitative estimate of drug-likeness (QED) is 0.898. The first-order valence-corrected chi connectivity index (χ1v) is 8.57. The number of carbonyl (C=O) groups excluding carboxylic acids is 1. The topological polar surface area (TPSA) is 75.4 Å². The van der Waals surface area contributed by atoms with Crippen LogP contribution in [0.5, 0.6) is 0 Å². The van der Waals surface area contributed by atoms with Gasteiger partial charge in [0.15, 0.2) is 0 Å². The summed E-state index contributed by atoms with van der Waals surface area (Å²) in [5, 5.41) is 14.8. The van der Waals surface area contributed by atoms with Crippen molar-refractivity contribution < 1.29 is 9.90 Å². The van der Waals surface area contributed by atoms with E-state index in [-0.39, 0.29) is 18.0 Å².